The summed E-state index contributed by atoms with van der Waals surface area (Å²) in [6, 6.07) is 5.91. The predicted molar refractivity (Wildman–Crippen MR) is 70.2 cm³/mol. The first-order valence-electron chi connectivity index (χ1n) is 6.00. The van der Waals surface area contributed by atoms with Crippen LogP contribution in [0, 0.1) is 0 Å². The van der Waals surface area contributed by atoms with E-state index < -0.39 is 0 Å². The Kier molecular flexibility index (Phi) is 3.94. The van der Waals surface area contributed by atoms with Gasteiger partial charge in [-0.05, 0) is 12.1 Å². The van der Waals surface area contributed by atoms with Gasteiger partial charge in [-0.3, -0.25) is 4.79 Å². The molecular formula is C13H18N4O. The second-order valence-electron chi connectivity index (χ2n) is 4.41. The Bertz CT molecular complexity index is 500. The molecule has 0 radical (unpaired) electrons. The van der Waals surface area contributed by atoms with E-state index in [4.69, 9.17) is 0 Å². The molecule has 0 saturated heterocycles. The van der Waals surface area contributed by atoms with Crippen molar-refractivity contribution < 1.29 is 4.79 Å². The maximum atomic E-state index is 11.4. The number of aromatic nitrogens is 2. The van der Waals surface area contributed by atoms with Crippen molar-refractivity contribution in [2.75, 3.05) is 20.6 Å². The average Bonchev–Trinajstić information content (AvgIpc) is 2.76. The van der Waals surface area contributed by atoms with Gasteiger partial charge >= 0.3 is 0 Å². The number of imidazole rings is 1. The number of rotatable bonds is 5. The standard InChI is InChI=1S/C13H18N4O/c1-16(2)13(18)6-7-14-9-11-10-17-8-4-3-5-12(17)15-11/h3-5,8,10,14H,6-7,9H2,1-2H3. The molecule has 1 N–H and O–H groups in total. The number of amides is 1. The van der Waals surface area contributed by atoms with Crippen LogP contribution in [0.15, 0.2) is 30.6 Å². The Labute approximate surface area is 106 Å². The largest absolute Gasteiger partial charge is 0.349 e. The van der Waals surface area contributed by atoms with E-state index in [1.54, 1.807) is 19.0 Å². The summed E-state index contributed by atoms with van der Waals surface area (Å²) in [5.74, 6) is 0.137. The molecule has 0 fully saturated rings. The highest BCUT2D eigenvalue weighted by atomic mass is 16.2. The molecule has 18 heavy (non-hydrogen) atoms. The van der Waals surface area contributed by atoms with Gasteiger partial charge in [0.15, 0.2) is 0 Å². The molecule has 1 amide bonds. The van der Waals surface area contributed by atoms with Crippen LogP contribution in [0.25, 0.3) is 5.65 Å². The Morgan fingerprint density at radius 3 is 3.00 bits per heavy atom. The molecule has 0 aliphatic heterocycles. The van der Waals surface area contributed by atoms with E-state index in [-0.39, 0.29) is 5.91 Å². The Morgan fingerprint density at radius 1 is 1.44 bits per heavy atom. The second-order valence-corrected chi connectivity index (χ2v) is 4.41. The molecule has 0 bridgehead atoms. The third-order valence-corrected chi connectivity index (χ3v) is 2.73. The van der Waals surface area contributed by atoms with Crippen LogP contribution >= 0.6 is 0 Å². The van der Waals surface area contributed by atoms with E-state index in [1.165, 1.54) is 0 Å². The first kappa shape index (κ1) is 12.6. The number of hydrogen-bond donors (Lipinski definition) is 1. The Morgan fingerprint density at radius 2 is 2.28 bits per heavy atom. The molecule has 2 aromatic rings. The molecule has 0 aromatic carbocycles. The number of fused-ring (bicyclic) bond motifs is 1. The lowest BCUT2D eigenvalue weighted by Gasteiger charge is -2.09. The van der Waals surface area contributed by atoms with Crippen LogP contribution in [0.4, 0.5) is 0 Å². The summed E-state index contributed by atoms with van der Waals surface area (Å²) in [6.07, 6.45) is 4.48. The topological polar surface area (TPSA) is 49.6 Å². The predicted octanol–water partition coefficient (Wildman–Crippen LogP) is 0.902. The van der Waals surface area contributed by atoms with Crippen molar-refractivity contribution in [1.82, 2.24) is 19.6 Å². The van der Waals surface area contributed by atoms with E-state index in [1.807, 2.05) is 35.0 Å². The quantitative estimate of drug-likeness (QED) is 0.798. The molecular weight excluding hydrogens is 228 g/mol. The van der Waals surface area contributed by atoms with Gasteiger partial charge in [0.1, 0.15) is 5.65 Å². The lowest BCUT2D eigenvalue weighted by molar-refractivity contribution is -0.128. The van der Waals surface area contributed by atoms with E-state index in [0.29, 0.717) is 19.5 Å². The number of pyridine rings is 1. The molecule has 0 spiro atoms. The zero-order valence-corrected chi connectivity index (χ0v) is 10.8. The Hall–Kier alpha value is -1.88. The van der Waals surface area contributed by atoms with Crippen molar-refractivity contribution >= 4 is 11.6 Å². The minimum absolute atomic E-state index is 0.137. The first-order chi connectivity index (χ1) is 8.66. The fourth-order valence-corrected chi connectivity index (χ4v) is 1.71. The zero-order chi connectivity index (χ0) is 13.0. The summed E-state index contributed by atoms with van der Waals surface area (Å²) in [5, 5.41) is 3.23. The number of carbonyl (C=O) groups excluding carboxylic acids is 1. The Balaban J connectivity index is 1.82. The van der Waals surface area contributed by atoms with Gasteiger partial charge in [0.05, 0.1) is 5.69 Å². The minimum atomic E-state index is 0.137. The molecule has 0 saturated carbocycles. The fourth-order valence-electron chi connectivity index (χ4n) is 1.71. The van der Waals surface area contributed by atoms with Gasteiger partial charge in [-0.1, -0.05) is 6.07 Å². The second kappa shape index (κ2) is 5.64. The molecule has 5 nitrogen and oxygen atoms in total. The van der Waals surface area contributed by atoms with Crippen molar-refractivity contribution in [2.24, 2.45) is 0 Å². The molecule has 0 aliphatic rings. The molecule has 2 aromatic heterocycles. The number of hydrogen-bond acceptors (Lipinski definition) is 3. The lowest BCUT2D eigenvalue weighted by Crippen LogP contribution is -2.26. The van der Waals surface area contributed by atoms with E-state index in [2.05, 4.69) is 10.3 Å². The molecule has 0 aliphatic carbocycles. The van der Waals surface area contributed by atoms with Crippen LogP contribution in [0.1, 0.15) is 12.1 Å². The van der Waals surface area contributed by atoms with Gasteiger partial charge in [-0.2, -0.15) is 0 Å². The SMILES string of the molecule is CN(C)C(=O)CCNCc1cn2ccccc2n1. The third kappa shape index (κ3) is 3.07. The normalized spacial score (nSPS) is 10.8. The number of nitrogens with zero attached hydrogens (tertiary/aromatic N) is 3. The number of carbonyl (C=O) groups is 1. The van der Waals surface area contributed by atoms with Crippen molar-refractivity contribution in [1.29, 1.82) is 0 Å². The van der Waals surface area contributed by atoms with Crippen LogP contribution in [0.2, 0.25) is 0 Å². The summed E-state index contributed by atoms with van der Waals surface area (Å²) in [7, 11) is 3.54. The summed E-state index contributed by atoms with van der Waals surface area (Å²) in [6.45, 7) is 1.35. The highest BCUT2D eigenvalue weighted by Gasteiger charge is 2.04. The van der Waals surface area contributed by atoms with Gasteiger partial charge in [-0.25, -0.2) is 4.98 Å². The van der Waals surface area contributed by atoms with Crippen molar-refractivity contribution in [2.45, 2.75) is 13.0 Å². The summed E-state index contributed by atoms with van der Waals surface area (Å²) in [5.41, 5.74) is 1.93. The van der Waals surface area contributed by atoms with E-state index in [9.17, 15) is 4.79 Å². The number of nitrogens with one attached hydrogen (secondary N) is 1. The van der Waals surface area contributed by atoms with Crippen LogP contribution < -0.4 is 5.32 Å². The smallest absolute Gasteiger partial charge is 0.223 e. The summed E-state index contributed by atoms with van der Waals surface area (Å²) >= 11 is 0. The molecule has 2 rings (SSSR count). The molecule has 0 atom stereocenters. The van der Waals surface area contributed by atoms with Gasteiger partial charge in [0, 0.05) is 46.0 Å². The summed E-state index contributed by atoms with van der Waals surface area (Å²) in [4.78, 5) is 17.4. The fraction of sp³-hybridized carbons (Fsp3) is 0.385. The van der Waals surface area contributed by atoms with E-state index >= 15 is 0 Å². The zero-order valence-electron chi connectivity index (χ0n) is 10.8. The monoisotopic (exact) mass is 246 g/mol. The van der Waals surface area contributed by atoms with Gasteiger partial charge < -0.3 is 14.6 Å². The van der Waals surface area contributed by atoms with Gasteiger partial charge in [-0.15, -0.1) is 0 Å². The maximum Gasteiger partial charge on any atom is 0.223 e. The molecule has 96 valence electrons. The van der Waals surface area contributed by atoms with Crippen LogP contribution in [-0.2, 0) is 11.3 Å². The third-order valence-electron chi connectivity index (χ3n) is 2.73. The highest BCUT2D eigenvalue weighted by Crippen LogP contribution is 2.03. The van der Waals surface area contributed by atoms with Crippen LogP contribution in [0.3, 0.4) is 0 Å². The molecule has 5 heteroatoms. The van der Waals surface area contributed by atoms with Crippen molar-refractivity contribution in [3.8, 4) is 0 Å². The lowest BCUT2D eigenvalue weighted by atomic mass is 10.3. The highest BCUT2D eigenvalue weighted by molar-refractivity contribution is 5.75. The van der Waals surface area contributed by atoms with Crippen LogP contribution in [0.5, 0.6) is 0 Å². The van der Waals surface area contributed by atoms with Gasteiger partial charge in [0.2, 0.25) is 5.91 Å². The first-order valence-corrected chi connectivity index (χ1v) is 6.00. The average molecular weight is 246 g/mol. The molecule has 0 unspecified atom stereocenters. The van der Waals surface area contributed by atoms with Crippen molar-refractivity contribution in [3.63, 3.8) is 0 Å². The van der Waals surface area contributed by atoms with Crippen molar-refractivity contribution in [3.05, 3.63) is 36.3 Å². The molecule has 2 heterocycles. The van der Waals surface area contributed by atoms with Gasteiger partial charge in [0.25, 0.3) is 0 Å². The maximum absolute atomic E-state index is 11.4. The summed E-state index contributed by atoms with van der Waals surface area (Å²) < 4.78 is 1.99. The van der Waals surface area contributed by atoms with Crippen LogP contribution in [-0.4, -0.2) is 40.8 Å². The minimum Gasteiger partial charge on any atom is -0.349 e. The van der Waals surface area contributed by atoms with E-state index in [0.717, 1.165) is 11.3 Å².